The molecule has 1 aromatic carbocycles. The number of rotatable bonds is 5. The minimum Gasteiger partial charge on any atom is -0.326 e. The summed E-state index contributed by atoms with van der Waals surface area (Å²) in [5, 5.41) is 2.34. The van der Waals surface area contributed by atoms with Crippen LogP contribution in [0.5, 0.6) is 0 Å². The maximum absolute atomic E-state index is 12.4. The average molecular weight is 331 g/mol. The van der Waals surface area contributed by atoms with Crippen LogP contribution in [0.3, 0.4) is 0 Å². The predicted molar refractivity (Wildman–Crippen MR) is 82.4 cm³/mol. The zero-order chi connectivity index (χ0) is 14.8. The molecule has 0 aliphatic heterocycles. The topological polar surface area (TPSA) is 72.2 Å². The smallest absolute Gasteiger partial charge is 0.242 e. The van der Waals surface area contributed by atoms with Gasteiger partial charge in [-0.3, -0.25) is 0 Å². The number of nitrogens with one attached hydrogen (secondary N) is 1. The lowest BCUT2D eigenvalue weighted by atomic mass is 10.2. The van der Waals surface area contributed by atoms with Crippen molar-refractivity contribution in [3.05, 3.63) is 50.7 Å². The fourth-order valence-corrected chi connectivity index (χ4v) is 4.78. The molecule has 0 aliphatic carbocycles. The first-order chi connectivity index (χ1) is 9.45. The molecule has 0 bridgehead atoms. The van der Waals surface area contributed by atoms with Crippen LogP contribution in [0.25, 0.3) is 0 Å². The highest BCUT2D eigenvalue weighted by Crippen LogP contribution is 2.26. The summed E-state index contributed by atoms with van der Waals surface area (Å²) in [5.74, 6) is 0. The molecule has 0 atom stereocenters. The molecule has 1 aromatic heterocycles. The molecule has 2 rings (SSSR count). The Bertz CT molecular complexity index is 711. The summed E-state index contributed by atoms with van der Waals surface area (Å²) >= 11 is 7.37. The second-order valence-electron chi connectivity index (χ2n) is 4.29. The molecule has 3 N–H and O–H groups in total. The van der Waals surface area contributed by atoms with Crippen LogP contribution < -0.4 is 10.5 Å². The summed E-state index contributed by atoms with van der Waals surface area (Å²) in [6.07, 6.45) is 0. The van der Waals surface area contributed by atoms with Gasteiger partial charge in [-0.05, 0) is 29.5 Å². The average Bonchev–Trinajstić information content (AvgIpc) is 2.80. The van der Waals surface area contributed by atoms with Gasteiger partial charge in [-0.2, -0.15) is 0 Å². The SMILES string of the molecule is Cc1csc(CN)c1S(=O)(=O)NCc1ccccc1Cl. The molecular weight excluding hydrogens is 316 g/mol. The first kappa shape index (κ1) is 15.5. The Hall–Kier alpha value is -0.920. The van der Waals surface area contributed by atoms with Gasteiger partial charge in [0, 0.05) is 23.0 Å². The fraction of sp³-hybridized carbons (Fsp3) is 0.231. The summed E-state index contributed by atoms with van der Waals surface area (Å²) in [5.41, 5.74) is 7.04. The molecule has 7 heteroatoms. The summed E-state index contributed by atoms with van der Waals surface area (Å²) in [4.78, 5) is 0.950. The second kappa shape index (κ2) is 6.24. The van der Waals surface area contributed by atoms with E-state index < -0.39 is 10.0 Å². The number of sulfonamides is 1. The van der Waals surface area contributed by atoms with Gasteiger partial charge in [-0.1, -0.05) is 29.8 Å². The number of thiophene rings is 1. The van der Waals surface area contributed by atoms with Crippen molar-refractivity contribution in [3.8, 4) is 0 Å². The number of nitrogens with two attached hydrogens (primary N) is 1. The number of hydrogen-bond donors (Lipinski definition) is 2. The van der Waals surface area contributed by atoms with Crippen LogP contribution in [0.2, 0.25) is 5.02 Å². The van der Waals surface area contributed by atoms with Crippen molar-refractivity contribution < 1.29 is 8.42 Å². The third kappa shape index (κ3) is 3.21. The van der Waals surface area contributed by atoms with Gasteiger partial charge in [0.2, 0.25) is 10.0 Å². The van der Waals surface area contributed by atoms with Crippen molar-refractivity contribution in [1.82, 2.24) is 4.72 Å². The summed E-state index contributed by atoms with van der Waals surface area (Å²) < 4.78 is 27.3. The van der Waals surface area contributed by atoms with Gasteiger partial charge in [0.1, 0.15) is 4.90 Å². The van der Waals surface area contributed by atoms with Crippen molar-refractivity contribution in [2.24, 2.45) is 5.73 Å². The van der Waals surface area contributed by atoms with E-state index in [2.05, 4.69) is 4.72 Å². The van der Waals surface area contributed by atoms with Gasteiger partial charge in [0.15, 0.2) is 0 Å². The molecule has 0 saturated heterocycles. The largest absolute Gasteiger partial charge is 0.326 e. The van der Waals surface area contributed by atoms with Gasteiger partial charge >= 0.3 is 0 Å². The minimum atomic E-state index is -3.58. The van der Waals surface area contributed by atoms with E-state index in [4.69, 9.17) is 17.3 Å². The van der Waals surface area contributed by atoms with Crippen molar-refractivity contribution in [3.63, 3.8) is 0 Å². The zero-order valence-corrected chi connectivity index (χ0v) is 13.3. The van der Waals surface area contributed by atoms with Crippen LogP contribution >= 0.6 is 22.9 Å². The molecule has 1 heterocycles. The van der Waals surface area contributed by atoms with E-state index in [1.807, 2.05) is 6.07 Å². The Morgan fingerprint density at radius 3 is 2.70 bits per heavy atom. The highest BCUT2D eigenvalue weighted by atomic mass is 35.5. The highest BCUT2D eigenvalue weighted by Gasteiger charge is 2.22. The molecule has 0 aliphatic rings. The molecule has 0 saturated carbocycles. The summed E-state index contributed by atoms with van der Waals surface area (Å²) in [6.45, 7) is 2.13. The van der Waals surface area contributed by atoms with E-state index in [1.54, 1.807) is 30.5 Å². The zero-order valence-electron chi connectivity index (χ0n) is 10.9. The van der Waals surface area contributed by atoms with Crippen molar-refractivity contribution in [2.75, 3.05) is 0 Å². The van der Waals surface area contributed by atoms with Crippen LogP contribution in [-0.4, -0.2) is 8.42 Å². The van der Waals surface area contributed by atoms with Gasteiger partial charge in [0.05, 0.1) is 0 Å². The molecule has 0 radical (unpaired) electrons. The lowest BCUT2D eigenvalue weighted by molar-refractivity contribution is 0.580. The minimum absolute atomic E-state index is 0.154. The lowest BCUT2D eigenvalue weighted by Gasteiger charge is -2.09. The van der Waals surface area contributed by atoms with Crippen LogP contribution in [0.15, 0.2) is 34.5 Å². The number of benzene rings is 1. The van der Waals surface area contributed by atoms with E-state index in [9.17, 15) is 8.42 Å². The van der Waals surface area contributed by atoms with Crippen LogP contribution in [0.4, 0.5) is 0 Å². The molecule has 2 aromatic rings. The first-order valence-corrected chi connectivity index (χ1v) is 8.70. The fourth-order valence-electron chi connectivity index (χ4n) is 1.88. The monoisotopic (exact) mass is 330 g/mol. The molecule has 0 unspecified atom stereocenters. The van der Waals surface area contributed by atoms with Crippen LogP contribution in [0, 0.1) is 6.92 Å². The summed E-state index contributed by atoms with van der Waals surface area (Å²) in [6, 6.07) is 7.13. The summed E-state index contributed by atoms with van der Waals surface area (Å²) in [7, 11) is -3.58. The van der Waals surface area contributed by atoms with Gasteiger partial charge in [-0.15, -0.1) is 11.3 Å². The third-order valence-electron chi connectivity index (χ3n) is 2.85. The molecular formula is C13H15ClN2O2S2. The normalized spacial score (nSPS) is 11.8. The van der Waals surface area contributed by atoms with E-state index in [1.165, 1.54) is 11.3 Å². The molecule has 108 valence electrons. The molecule has 4 nitrogen and oxygen atoms in total. The van der Waals surface area contributed by atoms with Crippen molar-refractivity contribution in [1.29, 1.82) is 0 Å². The molecule has 0 spiro atoms. The molecule has 0 fully saturated rings. The Morgan fingerprint density at radius 2 is 2.05 bits per heavy atom. The molecule has 20 heavy (non-hydrogen) atoms. The quantitative estimate of drug-likeness (QED) is 0.885. The van der Waals surface area contributed by atoms with Crippen LogP contribution in [0.1, 0.15) is 16.0 Å². The standard InChI is InChI=1S/C13H15ClN2O2S2/c1-9-8-19-12(6-15)13(9)20(17,18)16-7-10-4-2-3-5-11(10)14/h2-5,8,16H,6-7,15H2,1H3. The number of halogens is 1. The van der Waals surface area contributed by atoms with Gasteiger partial charge in [0.25, 0.3) is 0 Å². The number of hydrogen-bond acceptors (Lipinski definition) is 4. The van der Waals surface area contributed by atoms with E-state index >= 15 is 0 Å². The van der Waals surface area contributed by atoms with Gasteiger partial charge < -0.3 is 5.73 Å². The lowest BCUT2D eigenvalue weighted by Crippen LogP contribution is -2.24. The highest BCUT2D eigenvalue weighted by molar-refractivity contribution is 7.89. The first-order valence-electron chi connectivity index (χ1n) is 5.96. The van der Waals surface area contributed by atoms with E-state index in [0.29, 0.717) is 15.5 Å². The van der Waals surface area contributed by atoms with E-state index in [-0.39, 0.29) is 18.0 Å². The van der Waals surface area contributed by atoms with Crippen LogP contribution in [-0.2, 0) is 23.1 Å². The second-order valence-corrected chi connectivity index (χ2v) is 7.37. The van der Waals surface area contributed by atoms with E-state index in [0.717, 1.165) is 5.56 Å². The van der Waals surface area contributed by atoms with Gasteiger partial charge in [-0.25, -0.2) is 13.1 Å². The Morgan fingerprint density at radius 1 is 1.35 bits per heavy atom. The Kier molecular flexibility index (Phi) is 4.82. The Labute approximate surface area is 127 Å². The Balaban J connectivity index is 2.24. The number of aryl methyl sites for hydroxylation is 1. The van der Waals surface area contributed by atoms with Crippen molar-refractivity contribution >= 4 is 33.0 Å². The maximum Gasteiger partial charge on any atom is 0.242 e. The predicted octanol–water partition coefficient (Wildman–Crippen LogP) is 2.65. The maximum atomic E-state index is 12.4. The third-order valence-corrected chi connectivity index (χ3v) is 6.11. The van der Waals surface area contributed by atoms with Crippen molar-refractivity contribution in [2.45, 2.75) is 24.9 Å². The molecule has 0 amide bonds.